The van der Waals surface area contributed by atoms with Crippen LogP contribution in [0.3, 0.4) is 0 Å². The van der Waals surface area contributed by atoms with E-state index in [1.807, 2.05) is 18.2 Å². The monoisotopic (exact) mass is 345 g/mol. The molecule has 0 aliphatic carbocycles. The lowest BCUT2D eigenvalue weighted by Crippen LogP contribution is -2.16. The Morgan fingerprint density at radius 3 is 2.60 bits per heavy atom. The molecular formula is C19H23NO5. The molecule has 2 rings (SSSR count). The quantitative estimate of drug-likeness (QED) is 0.707. The van der Waals surface area contributed by atoms with E-state index in [9.17, 15) is 9.59 Å². The van der Waals surface area contributed by atoms with Gasteiger partial charge in [-0.3, -0.25) is 4.79 Å². The van der Waals surface area contributed by atoms with Crippen LogP contribution in [0.15, 0.2) is 47.4 Å². The highest BCUT2D eigenvalue weighted by Crippen LogP contribution is 2.09. The van der Waals surface area contributed by atoms with Crippen LogP contribution in [0.2, 0.25) is 0 Å². The third kappa shape index (κ3) is 6.71. The van der Waals surface area contributed by atoms with Gasteiger partial charge >= 0.3 is 5.97 Å². The molecule has 0 spiro atoms. The number of carbonyl (C=O) groups excluding carboxylic acids is 1. The molecule has 0 aliphatic rings. The van der Waals surface area contributed by atoms with Crippen LogP contribution >= 0.6 is 0 Å². The number of H-pyrrole nitrogens is 1. The van der Waals surface area contributed by atoms with E-state index >= 15 is 0 Å². The molecule has 1 aromatic carbocycles. The van der Waals surface area contributed by atoms with Gasteiger partial charge in [-0.25, -0.2) is 4.79 Å². The number of esters is 1. The molecule has 6 nitrogen and oxygen atoms in total. The van der Waals surface area contributed by atoms with E-state index in [1.54, 1.807) is 12.1 Å². The second-order valence-corrected chi connectivity index (χ2v) is 5.98. The summed E-state index contributed by atoms with van der Waals surface area (Å²) in [4.78, 5) is 26.5. The van der Waals surface area contributed by atoms with Crippen molar-refractivity contribution in [2.75, 3.05) is 13.2 Å². The van der Waals surface area contributed by atoms with E-state index in [-0.39, 0.29) is 24.4 Å². The van der Waals surface area contributed by atoms with Crippen LogP contribution in [0.5, 0.6) is 11.5 Å². The normalized spacial score (nSPS) is 10.5. The van der Waals surface area contributed by atoms with Gasteiger partial charge in [0, 0.05) is 12.3 Å². The summed E-state index contributed by atoms with van der Waals surface area (Å²) in [5.74, 6) is 0.858. The molecule has 0 bridgehead atoms. The fraction of sp³-hybridized carbons (Fsp3) is 0.368. The van der Waals surface area contributed by atoms with Gasteiger partial charge in [-0.15, -0.1) is 0 Å². The zero-order valence-electron chi connectivity index (χ0n) is 14.5. The summed E-state index contributed by atoms with van der Waals surface area (Å²) in [5, 5.41) is 0. The number of nitrogens with one attached hydrogen (secondary N) is 1. The first-order chi connectivity index (χ1) is 12.0. The number of rotatable bonds is 9. The van der Waals surface area contributed by atoms with Crippen molar-refractivity contribution in [3.63, 3.8) is 0 Å². The van der Waals surface area contributed by atoms with E-state index in [0.29, 0.717) is 24.0 Å². The molecule has 6 heteroatoms. The molecule has 0 unspecified atom stereocenters. The Bertz CT molecular complexity index is 724. The number of hydrogen-bond donors (Lipinski definition) is 1. The zero-order valence-corrected chi connectivity index (χ0v) is 14.5. The summed E-state index contributed by atoms with van der Waals surface area (Å²) < 4.78 is 15.8. The minimum atomic E-state index is -0.512. The summed E-state index contributed by atoms with van der Waals surface area (Å²) in [6, 6.07) is 10.4. The topological polar surface area (TPSA) is 77.6 Å². The number of pyridine rings is 1. The average Bonchev–Trinajstić information content (AvgIpc) is 2.60. The van der Waals surface area contributed by atoms with Crippen molar-refractivity contribution in [3.8, 4) is 11.5 Å². The van der Waals surface area contributed by atoms with Crippen LogP contribution in [0, 0.1) is 5.92 Å². The second kappa shape index (κ2) is 9.52. The molecule has 1 N–H and O–H groups in total. The molecule has 0 saturated heterocycles. The maximum atomic E-state index is 12.0. The van der Waals surface area contributed by atoms with Crippen LogP contribution in [0.25, 0.3) is 0 Å². The highest BCUT2D eigenvalue weighted by molar-refractivity contribution is 5.71. The van der Waals surface area contributed by atoms with E-state index in [1.165, 1.54) is 12.3 Å². The van der Waals surface area contributed by atoms with Gasteiger partial charge < -0.3 is 19.2 Å². The zero-order chi connectivity index (χ0) is 18.1. The van der Waals surface area contributed by atoms with E-state index < -0.39 is 5.97 Å². The van der Waals surface area contributed by atoms with Crippen LogP contribution in [0.4, 0.5) is 0 Å². The van der Waals surface area contributed by atoms with Gasteiger partial charge in [0.25, 0.3) is 0 Å². The number of hydrogen-bond acceptors (Lipinski definition) is 5. The smallest absolute Gasteiger partial charge is 0.344 e. The molecule has 2 aromatic rings. The minimum Gasteiger partial charge on any atom is -0.488 e. The lowest BCUT2D eigenvalue weighted by atomic mass is 10.1. The van der Waals surface area contributed by atoms with Crippen LogP contribution in [-0.4, -0.2) is 24.2 Å². The first kappa shape index (κ1) is 18.6. The molecule has 134 valence electrons. The minimum absolute atomic E-state index is 0.0293. The third-order valence-corrected chi connectivity index (χ3v) is 3.38. The van der Waals surface area contributed by atoms with Crippen molar-refractivity contribution in [2.24, 2.45) is 5.92 Å². The summed E-state index contributed by atoms with van der Waals surface area (Å²) >= 11 is 0. The average molecular weight is 345 g/mol. The van der Waals surface area contributed by atoms with Gasteiger partial charge in [0.2, 0.25) is 5.43 Å². The Morgan fingerprint density at radius 1 is 1.16 bits per heavy atom. The summed E-state index contributed by atoms with van der Waals surface area (Å²) in [6.45, 7) is 4.45. The fourth-order valence-corrected chi connectivity index (χ4v) is 1.96. The Labute approximate surface area is 146 Å². The van der Waals surface area contributed by atoms with Gasteiger partial charge in [0.1, 0.15) is 12.4 Å². The molecule has 0 fully saturated rings. The number of aromatic amines is 1. The standard InChI is InChI=1S/C19H23NO5/c1-14(2)8-9-23-18-11-20-15(10-17(18)21)12-25-19(22)13-24-16-6-4-3-5-7-16/h3-7,10-11,14H,8-9,12-13H2,1-2H3,(H,20,21). The summed E-state index contributed by atoms with van der Waals surface area (Å²) in [7, 11) is 0. The molecule has 0 aliphatic heterocycles. The van der Waals surface area contributed by atoms with E-state index in [2.05, 4.69) is 18.8 Å². The molecule has 1 aromatic heterocycles. The predicted octanol–water partition coefficient (Wildman–Crippen LogP) is 2.92. The Hall–Kier alpha value is -2.76. The third-order valence-electron chi connectivity index (χ3n) is 3.38. The number of ether oxygens (including phenoxy) is 3. The van der Waals surface area contributed by atoms with Crippen LogP contribution in [-0.2, 0) is 16.1 Å². The predicted molar refractivity (Wildman–Crippen MR) is 93.7 cm³/mol. The highest BCUT2D eigenvalue weighted by atomic mass is 16.6. The van der Waals surface area contributed by atoms with Crippen molar-refractivity contribution >= 4 is 5.97 Å². The van der Waals surface area contributed by atoms with Gasteiger partial charge in [0.05, 0.1) is 12.3 Å². The molecule has 0 saturated carbocycles. The molecule has 0 atom stereocenters. The summed E-state index contributed by atoms with van der Waals surface area (Å²) in [5.41, 5.74) is 0.253. The fourth-order valence-electron chi connectivity index (χ4n) is 1.96. The van der Waals surface area contributed by atoms with Crippen molar-refractivity contribution < 1.29 is 19.0 Å². The molecular weight excluding hydrogens is 322 g/mol. The Morgan fingerprint density at radius 2 is 1.92 bits per heavy atom. The van der Waals surface area contributed by atoms with Crippen molar-refractivity contribution in [1.29, 1.82) is 0 Å². The maximum absolute atomic E-state index is 12.0. The number of benzene rings is 1. The van der Waals surface area contributed by atoms with E-state index in [4.69, 9.17) is 14.2 Å². The number of aromatic nitrogens is 1. The number of carbonyl (C=O) groups is 1. The van der Waals surface area contributed by atoms with Gasteiger partial charge in [-0.05, 0) is 24.5 Å². The largest absolute Gasteiger partial charge is 0.488 e. The SMILES string of the molecule is CC(C)CCOc1c[nH]c(COC(=O)COc2ccccc2)cc1=O. The maximum Gasteiger partial charge on any atom is 0.344 e. The van der Waals surface area contributed by atoms with Crippen molar-refractivity contribution in [1.82, 2.24) is 4.98 Å². The van der Waals surface area contributed by atoms with Gasteiger partial charge in [-0.2, -0.15) is 0 Å². The van der Waals surface area contributed by atoms with Crippen molar-refractivity contribution in [3.05, 3.63) is 58.5 Å². The van der Waals surface area contributed by atoms with Crippen LogP contribution < -0.4 is 14.9 Å². The van der Waals surface area contributed by atoms with Gasteiger partial charge in [0.15, 0.2) is 12.4 Å². The Balaban J connectivity index is 1.77. The lowest BCUT2D eigenvalue weighted by molar-refractivity contribution is -0.147. The van der Waals surface area contributed by atoms with Crippen LogP contribution in [0.1, 0.15) is 26.0 Å². The molecule has 0 radical (unpaired) electrons. The number of para-hydroxylation sites is 1. The molecule has 0 amide bonds. The van der Waals surface area contributed by atoms with Gasteiger partial charge in [-0.1, -0.05) is 32.0 Å². The summed E-state index contributed by atoms with van der Waals surface area (Å²) in [6.07, 6.45) is 2.37. The second-order valence-electron chi connectivity index (χ2n) is 5.98. The lowest BCUT2D eigenvalue weighted by Gasteiger charge is -2.09. The first-order valence-electron chi connectivity index (χ1n) is 8.22. The Kier molecular flexibility index (Phi) is 7.07. The molecule has 25 heavy (non-hydrogen) atoms. The molecule has 1 heterocycles. The highest BCUT2D eigenvalue weighted by Gasteiger charge is 2.07. The first-order valence-corrected chi connectivity index (χ1v) is 8.22. The van der Waals surface area contributed by atoms with E-state index in [0.717, 1.165) is 6.42 Å². The van der Waals surface area contributed by atoms with Crippen molar-refractivity contribution in [2.45, 2.75) is 26.9 Å².